The number of carboxylic acid groups (broad SMARTS) is 2. The smallest absolute Gasteiger partial charge is 0.326 e. The number of hydrogen-bond donors (Lipinski definition) is 13. The molecule has 28 nitrogen and oxygen atoms in total. The van der Waals surface area contributed by atoms with Gasteiger partial charge >= 0.3 is 5.97 Å². The van der Waals surface area contributed by atoms with E-state index >= 15 is 0 Å². The Balaban J connectivity index is 0.00000333. The summed E-state index contributed by atoms with van der Waals surface area (Å²) in [6.45, 7) is 0.642. The molecule has 3 fully saturated rings. The first-order chi connectivity index (χ1) is 38.1. The predicted molar refractivity (Wildman–Crippen MR) is 291 cm³/mol. The summed E-state index contributed by atoms with van der Waals surface area (Å²) in [5.41, 5.74) is 29.0. The van der Waals surface area contributed by atoms with E-state index in [0.717, 1.165) is 6.92 Å². The van der Waals surface area contributed by atoms with Gasteiger partial charge in [0.05, 0.1) is 19.2 Å². The van der Waals surface area contributed by atoms with E-state index < -0.39 is 115 Å². The number of nitrogens with two attached hydrogens (primary N) is 5. The van der Waals surface area contributed by atoms with Crippen LogP contribution in [0, 0.1) is 0 Å². The largest absolute Gasteiger partial charge is 0.481 e. The number of aliphatic hydroxyl groups excluding tert-OH is 1. The molecule has 438 valence electrons. The maximum atomic E-state index is 14.1. The van der Waals surface area contributed by atoms with E-state index in [1.807, 2.05) is 0 Å². The first-order valence-electron chi connectivity index (χ1n) is 26.5. The molecule has 2 aromatic carbocycles. The van der Waals surface area contributed by atoms with Crippen molar-refractivity contribution >= 4 is 71.1 Å². The lowest BCUT2D eigenvalue weighted by atomic mass is 10.0. The van der Waals surface area contributed by atoms with Crippen LogP contribution in [0.25, 0.3) is 0 Å². The van der Waals surface area contributed by atoms with Gasteiger partial charge in [-0.3, -0.25) is 53.1 Å². The summed E-state index contributed by atoms with van der Waals surface area (Å²) < 4.78 is 0. The standard InChI is InChI=1S/C50H73N15O11.C2H4O2/c51-32(16-7-21-56-49(52)53)45(72)65-25-11-20-39(65)47(74)64-24-9-18-37(64)43(70)58-28-40(67)59-34(26-30-12-3-1-4-13-30)41(68)62-36(29-66)46(73)63-23-10-19-38(63)44(71)61-35(27-31-14-5-2-6-15-31)42(69)60-33(48(75)76)17-8-22-57-50(54)55;1-2(3)4/h1-6,12-15,32-39,66H,7-11,16-29,51H2,(H,58,70)(H,59,67)(H,60,69)(H,61,71)(H,62,68)(H,75,76)(H4,52,53,56)(H4,54,55,57);1H3,(H,3,4). The molecule has 18 N–H and O–H groups in total. The molecule has 28 heteroatoms. The molecule has 8 amide bonds. The van der Waals surface area contributed by atoms with Crippen molar-refractivity contribution in [3.05, 3.63) is 71.8 Å². The Labute approximate surface area is 463 Å². The molecule has 3 aliphatic rings. The summed E-state index contributed by atoms with van der Waals surface area (Å²) in [6.07, 6.45) is 3.13. The molecule has 0 saturated carbocycles. The van der Waals surface area contributed by atoms with Crippen LogP contribution in [0.3, 0.4) is 0 Å². The summed E-state index contributed by atoms with van der Waals surface area (Å²) in [5.74, 6) is -7.76. The van der Waals surface area contributed by atoms with Gasteiger partial charge in [-0.2, -0.15) is 0 Å². The first kappa shape index (κ1) is 64.1. The lowest BCUT2D eigenvalue weighted by Gasteiger charge is -2.32. The lowest BCUT2D eigenvalue weighted by Crippen LogP contribution is -2.60. The van der Waals surface area contributed by atoms with Crippen LogP contribution >= 0.6 is 0 Å². The van der Waals surface area contributed by atoms with Crippen LogP contribution in [0.1, 0.15) is 82.3 Å². The number of carbonyl (C=O) groups is 10. The zero-order valence-corrected chi connectivity index (χ0v) is 44.9. The van der Waals surface area contributed by atoms with Crippen LogP contribution in [0.15, 0.2) is 70.6 Å². The van der Waals surface area contributed by atoms with E-state index in [2.05, 4.69) is 36.6 Å². The van der Waals surface area contributed by atoms with E-state index in [1.165, 1.54) is 14.7 Å². The van der Waals surface area contributed by atoms with Crippen LogP contribution in [0.4, 0.5) is 0 Å². The SMILES string of the molecule is CC(=O)O.NC(N)=NCCCC(N)C(=O)N1CCCC1C(=O)N1CCCC1C(=O)NCC(=O)NC(Cc1ccccc1)C(=O)NC(CO)C(=O)N1CCCC1C(=O)NC(Cc1ccccc1)C(=O)NC(CCCN=C(N)N)C(=O)O. The van der Waals surface area contributed by atoms with Crippen LogP contribution in [-0.4, -0.2) is 195 Å². The normalized spacial score (nSPS) is 18.3. The molecule has 8 unspecified atom stereocenters. The van der Waals surface area contributed by atoms with Crippen LogP contribution < -0.4 is 55.3 Å². The maximum absolute atomic E-state index is 14.1. The number of aliphatic hydroxyl groups is 1. The van der Waals surface area contributed by atoms with E-state index in [4.69, 9.17) is 38.6 Å². The quantitative estimate of drug-likeness (QED) is 0.0231. The molecule has 0 bridgehead atoms. The second-order valence-electron chi connectivity index (χ2n) is 19.5. The molecule has 3 heterocycles. The van der Waals surface area contributed by atoms with Crippen LogP contribution in [0.5, 0.6) is 0 Å². The van der Waals surface area contributed by atoms with Gasteiger partial charge < -0.3 is 85.3 Å². The molecule has 2 aromatic rings. The highest BCUT2D eigenvalue weighted by molar-refractivity contribution is 5.98. The van der Waals surface area contributed by atoms with Crippen molar-refractivity contribution in [1.82, 2.24) is 41.3 Å². The fraction of sp³-hybridized carbons (Fsp3) is 0.538. The highest BCUT2D eigenvalue weighted by atomic mass is 16.4. The van der Waals surface area contributed by atoms with Gasteiger partial charge in [0.2, 0.25) is 47.3 Å². The molecule has 0 radical (unpaired) electrons. The predicted octanol–water partition coefficient (Wildman–Crippen LogP) is -3.90. The van der Waals surface area contributed by atoms with E-state index in [9.17, 15) is 53.4 Å². The van der Waals surface area contributed by atoms with Crippen LogP contribution in [0.2, 0.25) is 0 Å². The van der Waals surface area contributed by atoms with Crippen molar-refractivity contribution in [3.8, 4) is 0 Å². The van der Waals surface area contributed by atoms with Crippen molar-refractivity contribution in [1.29, 1.82) is 0 Å². The van der Waals surface area contributed by atoms with Gasteiger partial charge in [0.25, 0.3) is 5.97 Å². The van der Waals surface area contributed by atoms with E-state index in [0.29, 0.717) is 69.2 Å². The minimum atomic E-state index is -1.59. The van der Waals surface area contributed by atoms with Crippen molar-refractivity contribution in [3.63, 3.8) is 0 Å². The molecular weight excluding hydrogens is 1040 g/mol. The number of rotatable bonds is 27. The van der Waals surface area contributed by atoms with Gasteiger partial charge in [-0.25, -0.2) is 4.79 Å². The second-order valence-corrected chi connectivity index (χ2v) is 19.5. The summed E-state index contributed by atoms with van der Waals surface area (Å²) in [5, 5.41) is 40.7. The molecule has 8 atom stereocenters. The number of aliphatic carboxylic acids is 2. The monoisotopic (exact) mass is 1120 g/mol. The Morgan fingerprint density at radius 2 is 1.04 bits per heavy atom. The number of aliphatic imine (C=N–C) groups is 2. The molecule has 0 aliphatic carbocycles. The highest BCUT2D eigenvalue weighted by Crippen LogP contribution is 2.26. The van der Waals surface area contributed by atoms with Crippen molar-refractivity contribution in [2.24, 2.45) is 38.7 Å². The minimum absolute atomic E-state index is 0.0209. The van der Waals surface area contributed by atoms with E-state index in [-0.39, 0.29) is 69.6 Å². The molecule has 3 aliphatic heterocycles. The first-order valence-corrected chi connectivity index (χ1v) is 26.5. The average Bonchev–Trinajstić information content (AvgIpc) is 4.24. The summed E-state index contributed by atoms with van der Waals surface area (Å²) in [4.78, 5) is 143. The van der Waals surface area contributed by atoms with Gasteiger partial charge in [-0.05, 0) is 75.3 Å². The highest BCUT2D eigenvalue weighted by Gasteiger charge is 2.44. The summed E-state index contributed by atoms with van der Waals surface area (Å²) >= 11 is 0. The van der Waals surface area contributed by atoms with Crippen molar-refractivity contribution in [2.45, 2.75) is 132 Å². The molecule has 0 aromatic heterocycles. The van der Waals surface area contributed by atoms with Gasteiger partial charge in [0.15, 0.2) is 11.9 Å². The van der Waals surface area contributed by atoms with Crippen molar-refractivity contribution in [2.75, 3.05) is 45.9 Å². The number of likely N-dealkylation sites (tertiary alicyclic amines) is 3. The Morgan fingerprint density at radius 1 is 0.588 bits per heavy atom. The number of carboxylic acids is 2. The number of benzene rings is 2. The molecular formula is C52H77N15O13. The minimum Gasteiger partial charge on any atom is -0.481 e. The topological polar surface area (TPSA) is 456 Å². The number of nitrogens with zero attached hydrogens (tertiary/aromatic N) is 5. The Kier molecular flexibility index (Phi) is 26.0. The third-order valence-corrected chi connectivity index (χ3v) is 13.4. The maximum Gasteiger partial charge on any atom is 0.326 e. The number of hydrogen-bond acceptors (Lipinski definition) is 14. The zero-order chi connectivity index (χ0) is 58.9. The average molecular weight is 1120 g/mol. The number of amides is 8. The molecule has 3 saturated heterocycles. The van der Waals surface area contributed by atoms with Gasteiger partial charge in [-0.15, -0.1) is 0 Å². The van der Waals surface area contributed by atoms with Crippen molar-refractivity contribution < 1.29 is 63.3 Å². The third kappa shape index (κ3) is 20.4. The molecule has 5 rings (SSSR count). The van der Waals surface area contributed by atoms with E-state index in [1.54, 1.807) is 60.7 Å². The van der Waals surface area contributed by atoms with Gasteiger partial charge in [0, 0.05) is 52.5 Å². The summed E-state index contributed by atoms with van der Waals surface area (Å²) in [7, 11) is 0. The zero-order valence-electron chi connectivity index (χ0n) is 44.9. The van der Waals surface area contributed by atoms with Gasteiger partial charge in [0.1, 0.15) is 42.3 Å². The number of guanidine groups is 2. The second kappa shape index (κ2) is 32.5. The van der Waals surface area contributed by atoms with Gasteiger partial charge in [-0.1, -0.05) is 60.7 Å². The number of nitrogens with one attached hydrogen (secondary N) is 5. The Bertz CT molecular complexity index is 2510. The Morgan fingerprint density at radius 3 is 1.54 bits per heavy atom. The van der Waals surface area contributed by atoms with Crippen LogP contribution in [-0.2, 0) is 60.8 Å². The Hall–Kier alpha value is -8.40. The lowest BCUT2D eigenvalue weighted by molar-refractivity contribution is -0.147. The molecule has 80 heavy (non-hydrogen) atoms. The summed E-state index contributed by atoms with van der Waals surface area (Å²) in [6, 6.07) is 8.00. The molecule has 0 spiro atoms. The fourth-order valence-corrected chi connectivity index (χ4v) is 9.55. The third-order valence-electron chi connectivity index (χ3n) is 13.4. The fourth-order valence-electron chi connectivity index (χ4n) is 9.55. The number of carbonyl (C=O) groups excluding carboxylic acids is 8.